The van der Waals surface area contributed by atoms with Crippen molar-refractivity contribution in [2.24, 2.45) is 0 Å². The predicted octanol–water partition coefficient (Wildman–Crippen LogP) is 1.84. The number of rotatable bonds is 4. The molecule has 0 spiro atoms. The molecule has 1 aromatic carbocycles. The van der Waals surface area contributed by atoms with E-state index in [-0.39, 0.29) is 0 Å². The van der Waals surface area contributed by atoms with E-state index in [1.54, 1.807) is 0 Å². The summed E-state index contributed by atoms with van der Waals surface area (Å²) in [6.07, 6.45) is 6.19. The van der Waals surface area contributed by atoms with Gasteiger partial charge in [0.05, 0.1) is 6.54 Å². The minimum atomic E-state index is 0.443. The van der Waals surface area contributed by atoms with Crippen molar-refractivity contribution in [1.82, 2.24) is 5.32 Å². The fourth-order valence-corrected chi connectivity index (χ4v) is 1.27. The molecule has 0 aliphatic rings. The second kappa shape index (κ2) is 5.40. The molecule has 1 heteroatoms. The van der Waals surface area contributed by atoms with Crippen molar-refractivity contribution in [3.63, 3.8) is 0 Å². The van der Waals surface area contributed by atoms with Crippen LogP contribution in [0.1, 0.15) is 12.5 Å². The van der Waals surface area contributed by atoms with Gasteiger partial charge in [0.15, 0.2) is 0 Å². The number of benzene rings is 1. The van der Waals surface area contributed by atoms with Gasteiger partial charge < -0.3 is 5.32 Å². The summed E-state index contributed by atoms with van der Waals surface area (Å²) in [6, 6.07) is 10.9. The van der Waals surface area contributed by atoms with E-state index in [9.17, 15) is 0 Å². The fraction of sp³-hybridized carbons (Fsp3) is 0.333. The maximum atomic E-state index is 5.16. The van der Waals surface area contributed by atoms with Crippen molar-refractivity contribution in [3.8, 4) is 12.3 Å². The molecule has 0 radical (unpaired) electrons. The SMILES string of the molecule is C#CCN[C@@H](C)Cc1ccccc1. The summed E-state index contributed by atoms with van der Waals surface area (Å²) in [4.78, 5) is 0. The van der Waals surface area contributed by atoms with Crippen LogP contribution in [0, 0.1) is 12.3 Å². The van der Waals surface area contributed by atoms with Crippen molar-refractivity contribution >= 4 is 0 Å². The summed E-state index contributed by atoms with van der Waals surface area (Å²) >= 11 is 0. The third-order valence-corrected chi connectivity index (χ3v) is 1.94. The second-order valence-electron chi connectivity index (χ2n) is 3.18. The lowest BCUT2D eigenvalue weighted by Crippen LogP contribution is -2.28. The minimum absolute atomic E-state index is 0.443. The van der Waals surface area contributed by atoms with Gasteiger partial charge in [-0.25, -0.2) is 0 Å². The van der Waals surface area contributed by atoms with Crippen LogP contribution in [0.2, 0.25) is 0 Å². The maximum absolute atomic E-state index is 5.16. The molecule has 0 aliphatic heterocycles. The van der Waals surface area contributed by atoms with Crippen LogP contribution in [0.4, 0.5) is 0 Å². The van der Waals surface area contributed by atoms with Crippen molar-refractivity contribution in [3.05, 3.63) is 35.9 Å². The zero-order valence-electron chi connectivity index (χ0n) is 7.96. The molecule has 0 aliphatic carbocycles. The quantitative estimate of drug-likeness (QED) is 0.685. The van der Waals surface area contributed by atoms with Gasteiger partial charge in [-0.1, -0.05) is 36.3 Å². The van der Waals surface area contributed by atoms with Gasteiger partial charge >= 0.3 is 0 Å². The standard InChI is InChI=1S/C12H15N/c1-3-9-13-11(2)10-12-7-5-4-6-8-12/h1,4-8,11,13H,9-10H2,2H3/t11-/m0/s1. The van der Waals surface area contributed by atoms with Crippen molar-refractivity contribution in [2.45, 2.75) is 19.4 Å². The van der Waals surface area contributed by atoms with Gasteiger partial charge in [-0.3, -0.25) is 0 Å². The van der Waals surface area contributed by atoms with Gasteiger partial charge in [0.2, 0.25) is 0 Å². The lowest BCUT2D eigenvalue weighted by atomic mass is 10.1. The molecule has 0 amide bonds. The van der Waals surface area contributed by atoms with E-state index in [2.05, 4.69) is 42.4 Å². The highest BCUT2D eigenvalue weighted by molar-refractivity contribution is 5.15. The smallest absolute Gasteiger partial charge is 0.0575 e. The van der Waals surface area contributed by atoms with Gasteiger partial charge in [0.25, 0.3) is 0 Å². The Hall–Kier alpha value is -1.26. The number of hydrogen-bond donors (Lipinski definition) is 1. The van der Waals surface area contributed by atoms with Crippen LogP contribution in [-0.2, 0) is 6.42 Å². The van der Waals surface area contributed by atoms with Crippen LogP contribution in [-0.4, -0.2) is 12.6 Å². The zero-order valence-corrected chi connectivity index (χ0v) is 7.96. The first-order chi connectivity index (χ1) is 6.33. The summed E-state index contributed by atoms with van der Waals surface area (Å²) < 4.78 is 0. The fourth-order valence-electron chi connectivity index (χ4n) is 1.27. The van der Waals surface area contributed by atoms with Crippen LogP contribution >= 0.6 is 0 Å². The molecule has 1 aromatic rings. The number of hydrogen-bond acceptors (Lipinski definition) is 1. The highest BCUT2D eigenvalue weighted by atomic mass is 14.9. The van der Waals surface area contributed by atoms with Gasteiger partial charge in [-0.05, 0) is 18.9 Å². The van der Waals surface area contributed by atoms with E-state index in [0.29, 0.717) is 12.6 Å². The largest absolute Gasteiger partial charge is 0.303 e. The van der Waals surface area contributed by atoms with Crippen LogP contribution in [0.3, 0.4) is 0 Å². The molecule has 68 valence electrons. The molecule has 1 N–H and O–H groups in total. The molecule has 0 fully saturated rings. The average molecular weight is 173 g/mol. The molecule has 0 saturated heterocycles. The molecular formula is C12H15N. The second-order valence-corrected chi connectivity index (χ2v) is 3.18. The summed E-state index contributed by atoms with van der Waals surface area (Å²) in [7, 11) is 0. The predicted molar refractivity (Wildman–Crippen MR) is 56.4 cm³/mol. The Morgan fingerprint density at radius 3 is 2.69 bits per heavy atom. The van der Waals surface area contributed by atoms with Crippen molar-refractivity contribution in [1.29, 1.82) is 0 Å². The van der Waals surface area contributed by atoms with Gasteiger partial charge in [-0.2, -0.15) is 0 Å². The zero-order chi connectivity index (χ0) is 9.52. The average Bonchev–Trinajstić information content (AvgIpc) is 2.16. The summed E-state index contributed by atoms with van der Waals surface area (Å²) in [5.74, 6) is 2.57. The Labute approximate surface area is 80.2 Å². The molecule has 13 heavy (non-hydrogen) atoms. The molecule has 1 atom stereocenters. The van der Waals surface area contributed by atoms with Crippen LogP contribution in [0.5, 0.6) is 0 Å². The molecule has 0 bridgehead atoms. The van der Waals surface area contributed by atoms with E-state index < -0.39 is 0 Å². The summed E-state index contributed by atoms with van der Waals surface area (Å²) in [6.45, 7) is 2.79. The third kappa shape index (κ3) is 3.78. The van der Waals surface area contributed by atoms with E-state index in [4.69, 9.17) is 6.42 Å². The van der Waals surface area contributed by atoms with Crippen LogP contribution in [0.15, 0.2) is 30.3 Å². The Morgan fingerprint density at radius 1 is 1.38 bits per heavy atom. The minimum Gasteiger partial charge on any atom is -0.303 e. The lowest BCUT2D eigenvalue weighted by Gasteiger charge is -2.11. The highest BCUT2D eigenvalue weighted by Gasteiger charge is 2.00. The van der Waals surface area contributed by atoms with E-state index in [1.165, 1.54) is 5.56 Å². The van der Waals surface area contributed by atoms with Crippen LogP contribution < -0.4 is 5.32 Å². The maximum Gasteiger partial charge on any atom is 0.0575 e. The first-order valence-corrected chi connectivity index (χ1v) is 4.53. The Kier molecular flexibility index (Phi) is 4.08. The normalized spacial score (nSPS) is 12.0. The molecule has 0 aromatic heterocycles. The molecule has 1 nitrogen and oxygen atoms in total. The Morgan fingerprint density at radius 2 is 2.08 bits per heavy atom. The summed E-state index contributed by atoms with van der Waals surface area (Å²) in [5.41, 5.74) is 1.35. The molecule has 0 heterocycles. The van der Waals surface area contributed by atoms with E-state index >= 15 is 0 Å². The molecular weight excluding hydrogens is 158 g/mol. The third-order valence-electron chi connectivity index (χ3n) is 1.94. The Bertz CT molecular complexity index is 271. The molecule has 1 rings (SSSR count). The number of nitrogens with one attached hydrogen (secondary N) is 1. The van der Waals surface area contributed by atoms with Gasteiger partial charge in [0, 0.05) is 6.04 Å². The topological polar surface area (TPSA) is 12.0 Å². The van der Waals surface area contributed by atoms with Crippen molar-refractivity contribution < 1.29 is 0 Å². The van der Waals surface area contributed by atoms with Crippen LogP contribution in [0.25, 0.3) is 0 Å². The lowest BCUT2D eigenvalue weighted by molar-refractivity contribution is 0.585. The van der Waals surface area contributed by atoms with Gasteiger partial charge in [0.1, 0.15) is 0 Å². The molecule has 0 unspecified atom stereocenters. The molecule has 0 saturated carbocycles. The van der Waals surface area contributed by atoms with Gasteiger partial charge in [-0.15, -0.1) is 6.42 Å². The highest BCUT2D eigenvalue weighted by Crippen LogP contribution is 2.01. The van der Waals surface area contributed by atoms with E-state index in [0.717, 1.165) is 6.42 Å². The Balaban J connectivity index is 2.37. The van der Waals surface area contributed by atoms with Crippen molar-refractivity contribution in [2.75, 3.05) is 6.54 Å². The van der Waals surface area contributed by atoms with E-state index in [1.807, 2.05) is 6.07 Å². The summed E-state index contributed by atoms with van der Waals surface area (Å²) in [5, 5.41) is 3.24. The first-order valence-electron chi connectivity index (χ1n) is 4.53. The first kappa shape index (κ1) is 9.83. The number of terminal acetylenes is 1. The monoisotopic (exact) mass is 173 g/mol.